The highest BCUT2D eigenvalue weighted by Crippen LogP contribution is 2.25. The zero-order chi connectivity index (χ0) is 21.7. The van der Waals surface area contributed by atoms with Gasteiger partial charge in [-0.3, -0.25) is 4.79 Å². The van der Waals surface area contributed by atoms with E-state index >= 15 is 0 Å². The van der Waals surface area contributed by atoms with Crippen molar-refractivity contribution in [2.75, 3.05) is 6.54 Å². The molecule has 0 aliphatic rings. The lowest BCUT2D eigenvalue weighted by Crippen LogP contribution is -2.39. The summed E-state index contributed by atoms with van der Waals surface area (Å²) in [4.78, 5) is 24.5. The van der Waals surface area contributed by atoms with Crippen LogP contribution in [0.15, 0.2) is 49.1 Å². The molecule has 0 fully saturated rings. The summed E-state index contributed by atoms with van der Waals surface area (Å²) < 4.78 is 26.6. The monoisotopic (exact) mass is 414 g/mol. The molecular weight excluding hydrogens is 390 g/mol. The van der Waals surface area contributed by atoms with Gasteiger partial charge in [0.1, 0.15) is 5.82 Å². The Labute approximate surface area is 173 Å². The summed E-state index contributed by atoms with van der Waals surface area (Å²) in [7, 11) is 0. The third kappa shape index (κ3) is 4.84. The lowest BCUT2D eigenvalue weighted by Gasteiger charge is -2.28. The molecule has 2 aromatic heterocycles. The number of benzene rings is 1. The Balaban J connectivity index is 1.71. The number of alkyl halides is 2. The van der Waals surface area contributed by atoms with E-state index < -0.39 is 5.92 Å². The van der Waals surface area contributed by atoms with Gasteiger partial charge in [0.25, 0.3) is 11.8 Å². The molecule has 0 saturated heterocycles. The topological polar surface area (TPSA) is 76.8 Å². The van der Waals surface area contributed by atoms with Crippen LogP contribution in [0.4, 0.5) is 8.78 Å². The second-order valence-electron chi connectivity index (χ2n) is 7.09. The summed E-state index contributed by atoms with van der Waals surface area (Å²) in [5.74, 6) is -2.62. The first-order valence-electron chi connectivity index (χ1n) is 9.77. The molecule has 7 nitrogen and oxygen atoms in total. The van der Waals surface area contributed by atoms with Crippen molar-refractivity contribution in [3.63, 3.8) is 0 Å². The summed E-state index contributed by atoms with van der Waals surface area (Å²) in [6.07, 6.45) is 6.50. The van der Waals surface area contributed by atoms with E-state index in [1.807, 2.05) is 19.9 Å². The van der Waals surface area contributed by atoms with Crippen molar-refractivity contribution in [2.24, 2.45) is 0 Å². The number of hydrogen-bond donors (Lipinski definition) is 0. The van der Waals surface area contributed by atoms with Gasteiger partial charge in [-0.05, 0) is 32.4 Å². The Morgan fingerprint density at radius 2 is 1.80 bits per heavy atom. The van der Waals surface area contributed by atoms with Gasteiger partial charge in [-0.2, -0.15) is 15.0 Å². The molecule has 158 valence electrons. The highest BCUT2D eigenvalue weighted by Gasteiger charge is 2.26. The molecule has 1 amide bonds. The Bertz CT molecular complexity index is 970. The second kappa shape index (κ2) is 9.06. The van der Waals surface area contributed by atoms with Crippen molar-refractivity contribution >= 4 is 5.91 Å². The van der Waals surface area contributed by atoms with Crippen LogP contribution < -0.4 is 0 Å². The van der Waals surface area contributed by atoms with E-state index in [0.29, 0.717) is 36.5 Å². The molecule has 0 saturated carbocycles. The van der Waals surface area contributed by atoms with Crippen molar-refractivity contribution in [3.05, 3.63) is 66.0 Å². The zero-order valence-electron chi connectivity index (χ0n) is 17.2. The van der Waals surface area contributed by atoms with Gasteiger partial charge < -0.3 is 4.90 Å². The Hall–Kier alpha value is -3.23. The number of halogens is 2. The van der Waals surface area contributed by atoms with Gasteiger partial charge in [0, 0.05) is 38.3 Å². The number of amides is 1. The maximum absolute atomic E-state index is 13.3. The molecule has 0 N–H and O–H groups in total. The quantitative estimate of drug-likeness (QED) is 0.562. The summed E-state index contributed by atoms with van der Waals surface area (Å²) in [6, 6.07) is 7.08. The molecule has 1 aromatic carbocycles. The summed E-state index contributed by atoms with van der Waals surface area (Å²) >= 11 is 0. The summed E-state index contributed by atoms with van der Waals surface area (Å²) in [5, 5.41) is 8.25. The highest BCUT2D eigenvalue weighted by atomic mass is 19.3. The second-order valence-corrected chi connectivity index (χ2v) is 7.09. The van der Waals surface area contributed by atoms with Gasteiger partial charge in [0.05, 0.1) is 29.2 Å². The van der Waals surface area contributed by atoms with Gasteiger partial charge in [-0.25, -0.2) is 18.7 Å². The molecule has 2 heterocycles. The number of carbonyl (C=O) groups is 1. The maximum Gasteiger partial charge on any atom is 0.273 e. The molecule has 3 aromatic rings. The van der Waals surface area contributed by atoms with Gasteiger partial charge >= 0.3 is 0 Å². The number of aromatic nitrogens is 5. The minimum atomic E-state index is -2.96. The van der Waals surface area contributed by atoms with Crippen LogP contribution in [-0.4, -0.2) is 48.4 Å². The van der Waals surface area contributed by atoms with Crippen molar-refractivity contribution in [2.45, 2.75) is 45.6 Å². The van der Waals surface area contributed by atoms with Gasteiger partial charge in [-0.1, -0.05) is 12.1 Å². The van der Waals surface area contributed by atoms with E-state index in [-0.39, 0.29) is 17.5 Å². The van der Waals surface area contributed by atoms with Crippen LogP contribution in [0.2, 0.25) is 0 Å². The third-order valence-electron chi connectivity index (χ3n) is 4.90. The molecule has 0 unspecified atom stereocenters. The van der Waals surface area contributed by atoms with Gasteiger partial charge in [0.15, 0.2) is 0 Å². The van der Waals surface area contributed by atoms with Crippen molar-refractivity contribution in [1.82, 2.24) is 29.9 Å². The van der Waals surface area contributed by atoms with Gasteiger partial charge in [-0.15, -0.1) is 0 Å². The van der Waals surface area contributed by atoms with Crippen molar-refractivity contribution in [3.8, 4) is 5.69 Å². The van der Waals surface area contributed by atoms with Crippen LogP contribution in [0, 0.1) is 0 Å². The smallest absolute Gasteiger partial charge is 0.273 e. The van der Waals surface area contributed by atoms with Gasteiger partial charge in [0.2, 0.25) is 0 Å². The average Bonchev–Trinajstić information content (AvgIpc) is 3.27. The van der Waals surface area contributed by atoms with E-state index in [1.54, 1.807) is 35.5 Å². The van der Waals surface area contributed by atoms with E-state index in [2.05, 4.69) is 20.2 Å². The summed E-state index contributed by atoms with van der Waals surface area (Å²) in [6.45, 7) is 5.19. The fourth-order valence-electron chi connectivity index (χ4n) is 3.18. The molecule has 0 spiro atoms. The largest absolute Gasteiger partial charge is 0.336 e. The lowest BCUT2D eigenvalue weighted by atomic mass is 10.1. The molecule has 0 aliphatic carbocycles. The molecule has 30 heavy (non-hydrogen) atoms. The fraction of sp³-hybridized carbons (Fsp3) is 0.381. The number of para-hydroxylation sites is 1. The predicted molar refractivity (Wildman–Crippen MR) is 107 cm³/mol. The number of nitrogens with zero attached hydrogens (tertiary/aromatic N) is 6. The van der Waals surface area contributed by atoms with Crippen LogP contribution >= 0.6 is 0 Å². The summed E-state index contributed by atoms with van der Waals surface area (Å²) in [5.41, 5.74) is 0.902. The van der Waals surface area contributed by atoms with E-state index in [4.69, 9.17) is 0 Å². The Morgan fingerprint density at radius 1 is 1.17 bits per heavy atom. The lowest BCUT2D eigenvalue weighted by molar-refractivity contribution is 0.0166. The molecule has 9 heteroatoms. The predicted octanol–water partition coefficient (Wildman–Crippen LogP) is 3.65. The number of carbonyl (C=O) groups excluding carboxylic acids is 1. The SMILES string of the molecule is CCN(C(=O)c1ccccc1-n1nccn1)[C@@H](C)CCc1ncc(C(C)(F)F)cn1. The number of rotatable bonds is 8. The fourth-order valence-corrected chi connectivity index (χ4v) is 3.18. The van der Waals surface area contributed by atoms with E-state index in [9.17, 15) is 13.6 Å². The first-order valence-corrected chi connectivity index (χ1v) is 9.77. The first kappa shape index (κ1) is 21.5. The average molecular weight is 414 g/mol. The maximum atomic E-state index is 13.3. The first-order chi connectivity index (χ1) is 14.3. The minimum Gasteiger partial charge on any atom is -0.336 e. The Morgan fingerprint density at radius 3 is 2.40 bits per heavy atom. The molecule has 1 atom stereocenters. The molecular formula is C21H24F2N6O. The highest BCUT2D eigenvalue weighted by molar-refractivity contribution is 5.97. The normalized spacial score (nSPS) is 12.6. The zero-order valence-corrected chi connectivity index (χ0v) is 17.2. The van der Waals surface area contributed by atoms with Crippen molar-refractivity contribution < 1.29 is 13.6 Å². The standard InChI is InChI=1S/C21H24F2N6O/c1-4-28(15(2)9-10-19-24-13-16(14-25-19)21(3,22)23)20(30)17-7-5-6-8-18(17)29-26-11-12-27-29/h5-8,11-15H,4,9-10H2,1-3H3/t15-/m0/s1. The van der Waals surface area contributed by atoms with Crippen LogP contribution in [0.25, 0.3) is 5.69 Å². The molecule has 3 rings (SSSR count). The third-order valence-corrected chi connectivity index (χ3v) is 4.90. The minimum absolute atomic E-state index is 0.1000. The van der Waals surface area contributed by atoms with E-state index in [0.717, 1.165) is 19.3 Å². The van der Waals surface area contributed by atoms with Crippen LogP contribution in [0.1, 0.15) is 48.9 Å². The number of hydrogen-bond acceptors (Lipinski definition) is 5. The molecule has 0 radical (unpaired) electrons. The van der Waals surface area contributed by atoms with Crippen molar-refractivity contribution in [1.29, 1.82) is 0 Å². The Kier molecular flexibility index (Phi) is 6.49. The van der Waals surface area contributed by atoms with Crippen LogP contribution in [0.3, 0.4) is 0 Å². The van der Waals surface area contributed by atoms with E-state index in [1.165, 1.54) is 4.80 Å². The molecule has 0 aliphatic heterocycles. The van der Waals surface area contributed by atoms with Crippen LogP contribution in [-0.2, 0) is 12.3 Å². The van der Waals surface area contributed by atoms with Crippen LogP contribution in [0.5, 0.6) is 0 Å². The number of aryl methyl sites for hydroxylation is 1. The molecule has 0 bridgehead atoms.